The number of carbonyl (C=O) groups is 1. The Kier molecular flexibility index (Phi) is 7.22. The summed E-state index contributed by atoms with van der Waals surface area (Å²) < 4.78 is 44.6. The summed E-state index contributed by atoms with van der Waals surface area (Å²) in [7, 11) is -3.81. The molecule has 3 aromatic rings. The molecule has 0 unspecified atom stereocenters. The Bertz CT molecular complexity index is 1260. The topological polar surface area (TPSA) is 103 Å². The average Bonchev–Trinajstić information content (AvgIpc) is 2.83. The third kappa shape index (κ3) is 5.99. The van der Waals surface area contributed by atoms with Gasteiger partial charge in [-0.05, 0) is 61.4 Å². The molecule has 0 saturated heterocycles. The highest BCUT2D eigenvalue weighted by Crippen LogP contribution is 2.32. The number of benzene rings is 3. The van der Waals surface area contributed by atoms with Gasteiger partial charge in [0.1, 0.15) is 19.0 Å². The number of nitrogens with one attached hydrogen (secondary N) is 2. The lowest BCUT2D eigenvalue weighted by atomic mass is 10.2. The minimum Gasteiger partial charge on any atom is -0.493 e. The maximum absolute atomic E-state index is 12.7. The molecular formula is C25H26N2O6S. The first-order valence-corrected chi connectivity index (χ1v) is 12.4. The van der Waals surface area contributed by atoms with Crippen molar-refractivity contribution in [2.75, 3.05) is 29.9 Å². The molecule has 0 atom stereocenters. The van der Waals surface area contributed by atoms with Crippen molar-refractivity contribution in [2.45, 2.75) is 24.7 Å². The summed E-state index contributed by atoms with van der Waals surface area (Å²) in [6, 6.07) is 18.7. The molecule has 0 radical (unpaired) electrons. The van der Waals surface area contributed by atoms with Crippen LogP contribution in [0.15, 0.2) is 71.6 Å². The van der Waals surface area contributed by atoms with E-state index in [2.05, 4.69) is 10.0 Å². The molecule has 0 aliphatic carbocycles. The maximum atomic E-state index is 12.7. The van der Waals surface area contributed by atoms with Crippen LogP contribution in [0.2, 0.25) is 0 Å². The molecule has 0 aromatic heterocycles. The van der Waals surface area contributed by atoms with Crippen LogP contribution in [0.1, 0.15) is 18.4 Å². The number of rotatable bonds is 9. The minimum atomic E-state index is -3.81. The van der Waals surface area contributed by atoms with Gasteiger partial charge < -0.3 is 19.5 Å². The SMILES string of the molecule is Cc1ccccc1OCCCC(=O)Nc1ccc(NS(=O)(=O)c2ccc3c(c2)OCCO3)cc1. The number of sulfonamides is 1. The van der Waals surface area contributed by atoms with Crippen molar-refractivity contribution < 1.29 is 27.4 Å². The predicted octanol–water partition coefficient (Wildman–Crippen LogP) is 4.36. The Balaban J connectivity index is 1.27. The van der Waals surface area contributed by atoms with Gasteiger partial charge in [0.05, 0.1) is 11.5 Å². The molecule has 0 spiro atoms. The van der Waals surface area contributed by atoms with Gasteiger partial charge in [0.15, 0.2) is 11.5 Å². The van der Waals surface area contributed by atoms with E-state index in [1.807, 2.05) is 31.2 Å². The first-order valence-electron chi connectivity index (χ1n) is 10.9. The molecule has 4 rings (SSSR count). The molecule has 1 amide bonds. The molecule has 3 aromatic carbocycles. The van der Waals surface area contributed by atoms with Crippen molar-refractivity contribution >= 4 is 27.3 Å². The summed E-state index contributed by atoms with van der Waals surface area (Å²) in [5.74, 6) is 1.60. The van der Waals surface area contributed by atoms with E-state index in [9.17, 15) is 13.2 Å². The van der Waals surface area contributed by atoms with Crippen LogP contribution in [0.3, 0.4) is 0 Å². The number of fused-ring (bicyclic) bond motifs is 1. The van der Waals surface area contributed by atoms with Gasteiger partial charge in [-0.25, -0.2) is 8.42 Å². The summed E-state index contributed by atoms with van der Waals surface area (Å²) in [5.41, 5.74) is 2.00. The van der Waals surface area contributed by atoms with E-state index in [-0.39, 0.29) is 10.8 Å². The van der Waals surface area contributed by atoms with E-state index in [4.69, 9.17) is 14.2 Å². The van der Waals surface area contributed by atoms with Crippen LogP contribution in [-0.2, 0) is 14.8 Å². The number of aryl methyl sites for hydroxylation is 1. The lowest BCUT2D eigenvalue weighted by Crippen LogP contribution is -2.17. The van der Waals surface area contributed by atoms with Gasteiger partial charge in [-0.2, -0.15) is 0 Å². The van der Waals surface area contributed by atoms with E-state index in [1.165, 1.54) is 12.1 Å². The Morgan fingerprint density at radius 2 is 1.65 bits per heavy atom. The van der Waals surface area contributed by atoms with Crippen molar-refractivity contribution in [1.82, 2.24) is 0 Å². The third-order valence-electron chi connectivity index (χ3n) is 5.14. The normalized spacial score (nSPS) is 12.6. The van der Waals surface area contributed by atoms with Gasteiger partial charge in [0, 0.05) is 23.9 Å². The molecule has 2 N–H and O–H groups in total. The molecule has 178 valence electrons. The van der Waals surface area contributed by atoms with Gasteiger partial charge in [0.2, 0.25) is 5.91 Å². The van der Waals surface area contributed by atoms with Crippen molar-refractivity contribution in [1.29, 1.82) is 0 Å². The number of para-hydroxylation sites is 1. The molecule has 1 heterocycles. The zero-order valence-corrected chi connectivity index (χ0v) is 19.6. The van der Waals surface area contributed by atoms with Gasteiger partial charge in [0.25, 0.3) is 10.0 Å². The smallest absolute Gasteiger partial charge is 0.262 e. The summed E-state index contributed by atoms with van der Waals surface area (Å²) in [5, 5.41) is 2.81. The molecule has 9 heteroatoms. The third-order valence-corrected chi connectivity index (χ3v) is 6.52. The highest BCUT2D eigenvalue weighted by atomic mass is 32.2. The van der Waals surface area contributed by atoms with Gasteiger partial charge in [-0.3, -0.25) is 9.52 Å². The van der Waals surface area contributed by atoms with Crippen molar-refractivity contribution in [2.24, 2.45) is 0 Å². The van der Waals surface area contributed by atoms with Gasteiger partial charge in [-0.1, -0.05) is 18.2 Å². The van der Waals surface area contributed by atoms with E-state index < -0.39 is 10.0 Å². The molecular weight excluding hydrogens is 456 g/mol. The van der Waals surface area contributed by atoms with Crippen LogP contribution in [0.5, 0.6) is 17.2 Å². The predicted molar refractivity (Wildman–Crippen MR) is 129 cm³/mol. The summed E-state index contributed by atoms with van der Waals surface area (Å²) in [4.78, 5) is 12.3. The number of hydrogen-bond acceptors (Lipinski definition) is 6. The lowest BCUT2D eigenvalue weighted by Gasteiger charge is -2.19. The number of carbonyl (C=O) groups excluding carboxylic acids is 1. The Morgan fingerprint density at radius 1 is 0.941 bits per heavy atom. The van der Waals surface area contributed by atoms with Crippen LogP contribution in [0, 0.1) is 6.92 Å². The molecule has 0 bridgehead atoms. The fourth-order valence-corrected chi connectivity index (χ4v) is 4.46. The van der Waals surface area contributed by atoms with Crippen molar-refractivity contribution in [3.63, 3.8) is 0 Å². The second-order valence-corrected chi connectivity index (χ2v) is 9.44. The average molecular weight is 483 g/mol. The second kappa shape index (κ2) is 10.5. The zero-order valence-electron chi connectivity index (χ0n) is 18.7. The second-order valence-electron chi connectivity index (χ2n) is 7.75. The lowest BCUT2D eigenvalue weighted by molar-refractivity contribution is -0.116. The maximum Gasteiger partial charge on any atom is 0.262 e. The highest BCUT2D eigenvalue weighted by Gasteiger charge is 2.19. The first kappa shape index (κ1) is 23.4. The molecule has 1 aliphatic heterocycles. The summed E-state index contributed by atoms with van der Waals surface area (Å²) in [6.45, 7) is 3.22. The van der Waals surface area contributed by atoms with Crippen molar-refractivity contribution in [3.8, 4) is 17.2 Å². The fraction of sp³-hybridized carbons (Fsp3) is 0.240. The first-order chi connectivity index (χ1) is 16.4. The van der Waals surface area contributed by atoms with Crippen LogP contribution in [0.4, 0.5) is 11.4 Å². The van der Waals surface area contributed by atoms with Crippen LogP contribution < -0.4 is 24.2 Å². The molecule has 34 heavy (non-hydrogen) atoms. The van der Waals surface area contributed by atoms with E-state index in [0.29, 0.717) is 55.5 Å². The molecule has 1 aliphatic rings. The van der Waals surface area contributed by atoms with Crippen LogP contribution in [0.25, 0.3) is 0 Å². The van der Waals surface area contributed by atoms with Crippen LogP contribution >= 0.6 is 0 Å². The van der Waals surface area contributed by atoms with Gasteiger partial charge in [-0.15, -0.1) is 0 Å². The number of ether oxygens (including phenoxy) is 3. The number of anilines is 2. The van der Waals surface area contributed by atoms with Gasteiger partial charge >= 0.3 is 0 Å². The highest BCUT2D eigenvalue weighted by molar-refractivity contribution is 7.92. The summed E-state index contributed by atoms with van der Waals surface area (Å²) in [6.07, 6.45) is 0.887. The zero-order chi connectivity index (χ0) is 24.0. The Labute approximate surface area is 198 Å². The van der Waals surface area contributed by atoms with E-state index in [1.54, 1.807) is 30.3 Å². The Hall–Kier alpha value is -3.72. The minimum absolute atomic E-state index is 0.0713. The Morgan fingerprint density at radius 3 is 2.41 bits per heavy atom. The quantitative estimate of drug-likeness (QED) is 0.439. The van der Waals surface area contributed by atoms with Crippen molar-refractivity contribution in [3.05, 3.63) is 72.3 Å². The van der Waals surface area contributed by atoms with Crippen LogP contribution in [-0.4, -0.2) is 34.1 Å². The fourth-order valence-electron chi connectivity index (χ4n) is 3.38. The molecule has 8 nitrogen and oxygen atoms in total. The standard InChI is InChI=1S/C25H26N2O6S/c1-18-5-2-3-6-22(18)31-14-4-7-25(28)26-19-8-10-20(11-9-19)27-34(29,30)21-12-13-23-24(17-21)33-16-15-32-23/h2-3,5-6,8-13,17,27H,4,7,14-16H2,1H3,(H,26,28). The number of hydrogen-bond donors (Lipinski definition) is 2. The number of amides is 1. The van der Waals surface area contributed by atoms with E-state index in [0.717, 1.165) is 11.3 Å². The summed E-state index contributed by atoms with van der Waals surface area (Å²) >= 11 is 0. The largest absolute Gasteiger partial charge is 0.493 e. The van der Waals surface area contributed by atoms with E-state index >= 15 is 0 Å². The molecule has 0 saturated carbocycles. The monoisotopic (exact) mass is 482 g/mol. The molecule has 0 fully saturated rings.